The first-order chi connectivity index (χ1) is 12.6. The number of carbonyl (C=O) groups excluding carboxylic acids is 1. The van der Waals surface area contributed by atoms with Crippen molar-refractivity contribution in [3.05, 3.63) is 96.1 Å². The number of carbonyl (C=O) groups is 1. The molecule has 0 aliphatic heterocycles. The monoisotopic (exact) mass is 343 g/mol. The summed E-state index contributed by atoms with van der Waals surface area (Å²) >= 11 is 0. The number of benzene rings is 3. The van der Waals surface area contributed by atoms with E-state index in [0.29, 0.717) is 0 Å². The molecule has 0 spiro atoms. The van der Waals surface area contributed by atoms with E-state index >= 15 is 0 Å². The highest BCUT2D eigenvalue weighted by Crippen LogP contribution is 2.23. The third-order valence-electron chi connectivity index (χ3n) is 4.54. The van der Waals surface area contributed by atoms with Gasteiger partial charge in [0.25, 0.3) is 0 Å². The Morgan fingerprint density at radius 1 is 0.808 bits per heavy atom. The third kappa shape index (κ3) is 4.68. The van der Waals surface area contributed by atoms with Crippen LogP contribution in [-0.2, 0) is 6.42 Å². The van der Waals surface area contributed by atoms with Crippen molar-refractivity contribution < 1.29 is 4.79 Å². The summed E-state index contributed by atoms with van der Waals surface area (Å²) in [6, 6.07) is 28.4. The minimum atomic E-state index is -0.0570. The number of ketones is 1. The van der Waals surface area contributed by atoms with Crippen molar-refractivity contribution in [2.24, 2.45) is 5.92 Å². The molecular weight excluding hydrogens is 318 g/mol. The lowest BCUT2D eigenvalue weighted by Gasteiger charge is -2.20. The first-order valence-corrected chi connectivity index (χ1v) is 9.02. The number of hydrogen-bond donors (Lipinski definition) is 0. The fourth-order valence-corrected chi connectivity index (χ4v) is 3.30. The van der Waals surface area contributed by atoms with Crippen LogP contribution < -0.4 is 0 Å². The van der Waals surface area contributed by atoms with E-state index in [9.17, 15) is 4.79 Å². The molecule has 3 rings (SSSR count). The fraction of sp³-hybridized carbons (Fsp3) is 0.208. The minimum absolute atomic E-state index is 0.0570. The van der Waals surface area contributed by atoms with Gasteiger partial charge in [0.2, 0.25) is 0 Å². The molecule has 3 aromatic carbocycles. The SMILES string of the molecule is CN(C)CC(Cc1ccccc1)C(=O)c1cccc(-c2ccccc2)c1. The number of rotatable bonds is 7. The molecule has 26 heavy (non-hydrogen) atoms. The second-order valence-electron chi connectivity index (χ2n) is 6.96. The van der Waals surface area contributed by atoms with Crippen molar-refractivity contribution in [1.82, 2.24) is 4.90 Å². The van der Waals surface area contributed by atoms with Crippen LogP contribution >= 0.6 is 0 Å². The molecule has 0 fully saturated rings. The summed E-state index contributed by atoms with van der Waals surface area (Å²) in [6.45, 7) is 0.739. The molecule has 132 valence electrons. The predicted molar refractivity (Wildman–Crippen MR) is 108 cm³/mol. The molecule has 0 saturated carbocycles. The number of hydrogen-bond acceptors (Lipinski definition) is 2. The van der Waals surface area contributed by atoms with Crippen LogP contribution in [0.15, 0.2) is 84.9 Å². The van der Waals surface area contributed by atoms with Gasteiger partial charge in [-0.15, -0.1) is 0 Å². The lowest BCUT2D eigenvalue weighted by molar-refractivity contribution is 0.0896. The molecule has 0 N–H and O–H groups in total. The maximum absolute atomic E-state index is 13.2. The molecule has 0 radical (unpaired) electrons. The minimum Gasteiger partial charge on any atom is -0.309 e. The Balaban J connectivity index is 1.86. The topological polar surface area (TPSA) is 20.3 Å². The zero-order valence-corrected chi connectivity index (χ0v) is 15.4. The van der Waals surface area contributed by atoms with Gasteiger partial charge in [-0.3, -0.25) is 4.79 Å². The van der Waals surface area contributed by atoms with E-state index in [0.717, 1.165) is 29.7 Å². The van der Waals surface area contributed by atoms with Crippen LogP contribution in [0.1, 0.15) is 15.9 Å². The highest BCUT2D eigenvalue weighted by atomic mass is 16.1. The first kappa shape index (κ1) is 18.1. The van der Waals surface area contributed by atoms with Gasteiger partial charge in [-0.2, -0.15) is 0 Å². The van der Waals surface area contributed by atoms with Gasteiger partial charge in [0.05, 0.1) is 0 Å². The molecule has 0 aliphatic carbocycles. The summed E-state index contributed by atoms with van der Waals surface area (Å²) in [5, 5.41) is 0. The normalized spacial score (nSPS) is 12.1. The molecule has 2 heteroatoms. The summed E-state index contributed by atoms with van der Waals surface area (Å²) in [6.07, 6.45) is 0.757. The number of nitrogens with zero attached hydrogens (tertiary/aromatic N) is 1. The van der Waals surface area contributed by atoms with Crippen LogP contribution in [0.4, 0.5) is 0 Å². The third-order valence-corrected chi connectivity index (χ3v) is 4.54. The van der Waals surface area contributed by atoms with E-state index in [1.165, 1.54) is 5.56 Å². The lowest BCUT2D eigenvalue weighted by atomic mass is 9.89. The first-order valence-electron chi connectivity index (χ1n) is 9.02. The van der Waals surface area contributed by atoms with Crippen LogP contribution in [0.2, 0.25) is 0 Å². The van der Waals surface area contributed by atoms with Crippen LogP contribution in [0, 0.1) is 5.92 Å². The highest BCUT2D eigenvalue weighted by Gasteiger charge is 2.21. The van der Waals surface area contributed by atoms with Crippen molar-refractivity contribution in [3.63, 3.8) is 0 Å². The van der Waals surface area contributed by atoms with Crippen molar-refractivity contribution in [2.45, 2.75) is 6.42 Å². The second-order valence-corrected chi connectivity index (χ2v) is 6.96. The maximum atomic E-state index is 13.2. The van der Waals surface area contributed by atoms with E-state index in [2.05, 4.69) is 35.2 Å². The molecular formula is C24H25NO. The van der Waals surface area contributed by atoms with Gasteiger partial charge in [0, 0.05) is 18.0 Å². The van der Waals surface area contributed by atoms with Crippen molar-refractivity contribution in [3.8, 4) is 11.1 Å². The van der Waals surface area contributed by atoms with Crippen LogP contribution in [-0.4, -0.2) is 31.3 Å². The molecule has 2 nitrogen and oxygen atoms in total. The van der Waals surface area contributed by atoms with E-state index in [1.54, 1.807) is 0 Å². The molecule has 0 bridgehead atoms. The fourth-order valence-electron chi connectivity index (χ4n) is 3.30. The van der Waals surface area contributed by atoms with E-state index < -0.39 is 0 Å². The smallest absolute Gasteiger partial charge is 0.167 e. The van der Waals surface area contributed by atoms with Gasteiger partial charge < -0.3 is 4.90 Å². The molecule has 0 heterocycles. The summed E-state index contributed by atoms with van der Waals surface area (Å²) in [4.78, 5) is 15.3. The highest BCUT2D eigenvalue weighted by molar-refractivity contribution is 5.99. The maximum Gasteiger partial charge on any atom is 0.167 e. The van der Waals surface area contributed by atoms with E-state index in [4.69, 9.17) is 0 Å². The standard InChI is InChI=1S/C24H25NO/c1-25(2)18-23(16-19-10-5-3-6-11-19)24(26)22-15-9-14-21(17-22)20-12-7-4-8-13-20/h3-15,17,23H,16,18H2,1-2H3. The summed E-state index contributed by atoms with van der Waals surface area (Å²) in [5.74, 6) is 0.152. The average Bonchev–Trinajstić information content (AvgIpc) is 2.68. The van der Waals surface area contributed by atoms with Crippen LogP contribution in [0.25, 0.3) is 11.1 Å². The Kier molecular flexibility index (Phi) is 5.98. The zero-order chi connectivity index (χ0) is 18.4. The molecule has 0 saturated heterocycles. The Bertz CT molecular complexity index is 840. The van der Waals surface area contributed by atoms with Crippen LogP contribution in [0.3, 0.4) is 0 Å². The quantitative estimate of drug-likeness (QED) is 0.565. The Labute approximate surface area is 156 Å². The number of Topliss-reactive ketones (excluding diaryl/α,β-unsaturated/α-hetero) is 1. The van der Waals surface area contributed by atoms with E-state index in [-0.39, 0.29) is 11.7 Å². The predicted octanol–water partition coefficient (Wildman–Crippen LogP) is 4.96. The molecule has 0 aromatic heterocycles. The van der Waals surface area contributed by atoms with E-state index in [1.807, 2.05) is 68.7 Å². The Morgan fingerprint density at radius 2 is 1.42 bits per heavy atom. The molecule has 0 aliphatic rings. The lowest BCUT2D eigenvalue weighted by Crippen LogP contribution is -2.29. The summed E-state index contributed by atoms with van der Waals surface area (Å²) in [7, 11) is 4.04. The van der Waals surface area contributed by atoms with Crippen molar-refractivity contribution in [2.75, 3.05) is 20.6 Å². The summed E-state index contributed by atoms with van der Waals surface area (Å²) < 4.78 is 0. The Morgan fingerprint density at radius 3 is 2.08 bits per heavy atom. The molecule has 3 aromatic rings. The zero-order valence-electron chi connectivity index (χ0n) is 15.4. The Hall–Kier alpha value is -2.71. The second kappa shape index (κ2) is 8.59. The molecule has 0 amide bonds. The van der Waals surface area contributed by atoms with Gasteiger partial charge in [0.15, 0.2) is 5.78 Å². The molecule has 1 atom stereocenters. The van der Waals surface area contributed by atoms with Gasteiger partial charge >= 0.3 is 0 Å². The van der Waals surface area contributed by atoms with Gasteiger partial charge in [-0.05, 0) is 43.3 Å². The summed E-state index contributed by atoms with van der Waals surface area (Å²) in [5.41, 5.74) is 4.20. The van der Waals surface area contributed by atoms with Gasteiger partial charge in [-0.25, -0.2) is 0 Å². The van der Waals surface area contributed by atoms with Crippen molar-refractivity contribution in [1.29, 1.82) is 0 Å². The molecule has 1 unspecified atom stereocenters. The van der Waals surface area contributed by atoms with Crippen LogP contribution in [0.5, 0.6) is 0 Å². The average molecular weight is 343 g/mol. The van der Waals surface area contributed by atoms with Gasteiger partial charge in [-0.1, -0.05) is 78.9 Å². The largest absolute Gasteiger partial charge is 0.309 e. The van der Waals surface area contributed by atoms with Crippen molar-refractivity contribution >= 4 is 5.78 Å². The van der Waals surface area contributed by atoms with Gasteiger partial charge in [0.1, 0.15) is 0 Å².